The molecule has 0 radical (unpaired) electrons. The smallest absolute Gasteiger partial charge is 0.254 e. The molecule has 0 atom stereocenters. The van der Waals surface area contributed by atoms with Gasteiger partial charge in [0.05, 0.1) is 75.4 Å². The number of benzene rings is 1. The van der Waals surface area contributed by atoms with Gasteiger partial charge in [0.1, 0.15) is 10.8 Å². The molecule has 89 heavy (non-hydrogen) atoms. The van der Waals surface area contributed by atoms with Crippen molar-refractivity contribution in [1.82, 2.24) is 26.2 Å². The number of thioether (sulfide) groups is 1. The highest BCUT2D eigenvalue weighted by Gasteiger charge is 2.34. The SMILES string of the molecule is C=C(CCOCCCCCOCCOCCN(CCOCCOCCCCCOCCC(=O)NCC(C)(C)CC(C)(C)CC(N)=O)C(=O)c1ccc(C2=NN=C(SC(C)C)C2)cc1)NCC(C)(C)OC(C)(C)CC(=C)NCC(C)(C)OC(C)(C)NC(=O)CC. The summed E-state index contributed by atoms with van der Waals surface area (Å²) < 4.78 is 48.0. The van der Waals surface area contributed by atoms with E-state index in [0.29, 0.717) is 161 Å². The number of rotatable bonds is 53. The summed E-state index contributed by atoms with van der Waals surface area (Å²) in [4.78, 5) is 51.4. The minimum atomic E-state index is -0.802. The Morgan fingerprint density at radius 2 is 1.07 bits per heavy atom. The van der Waals surface area contributed by atoms with Gasteiger partial charge in [-0.15, -0.1) is 16.9 Å². The van der Waals surface area contributed by atoms with Crippen LogP contribution in [0.25, 0.3) is 0 Å². The lowest BCUT2D eigenvalue weighted by Crippen LogP contribution is -2.52. The van der Waals surface area contributed by atoms with E-state index in [0.717, 1.165) is 72.7 Å². The number of nitrogens with one attached hydrogen (secondary N) is 4. The van der Waals surface area contributed by atoms with Crippen molar-refractivity contribution >= 4 is 46.1 Å². The summed E-state index contributed by atoms with van der Waals surface area (Å²) in [5.41, 5.74) is 6.85. The van der Waals surface area contributed by atoms with Crippen LogP contribution in [0.1, 0.15) is 203 Å². The molecular formula is C68H120N8O12S. The number of hydrogen-bond donors (Lipinski definition) is 5. The minimum Gasteiger partial charge on any atom is -0.386 e. The molecule has 1 heterocycles. The molecule has 1 aromatic rings. The van der Waals surface area contributed by atoms with Gasteiger partial charge in [0.15, 0.2) is 0 Å². The summed E-state index contributed by atoms with van der Waals surface area (Å²) in [5.74, 6) is -0.522. The van der Waals surface area contributed by atoms with E-state index in [1.807, 2.05) is 72.7 Å². The van der Waals surface area contributed by atoms with Gasteiger partial charge in [0, 0.05) is 120 Å². The van der Waals surface area contributed by atoms with Crippen molar-refractivity contribution < 1.29 is 57.1 Å². The fraction of sp³-hybridized carbons (Fsp3) is 0.765. The molecule has 2 rings (SSSR count). The topological polar surface area (TPSA) is 244 Å². The zero-order valence-corrected chi connectivity index (χ0v) is 58.6. The molecule has 21 heteroatoms. The molecule has 0 aliphatic carbocycles. The number of carbonyl (C=O) groups excluding carboxylic acids is 4. The lowest BCUT2D eigenvalue weighted by molar-refractivity contribution is -0.152. The molecule has 1 aliphatic heterocycles. The first kappa shape index (κ1) is 80.6. The molecule has 4 amide bonds. The Hall–Kier alpha value is -4.45. The molecule has 510 valence electrons. The normalized spacial score (nSPS) is 13.3. The van der Waals surface area contributed by atoms with Gasteiger partial charge in [-0.25, -0.2) is 0 Å². The molecule has 6 N–H and O–H groups in total. The van der Waals surface area contributed by atoms with Crippen LogP contribution in [-0.4, -0.2) is 179 Å². The summed E-state index contributed by atoms with van der Waals surface area (Å²) in [6.07, 6.45) is 9.31. The Labute approximate surface area is 540 Å². The zero-order valence-electron chi connectivity index (χ0n) is 57.7. The number of nitrogens with zero attached hydrogens (tertiary/aromatic N) is 3. The summed E-state index contributed by atoms with van der Waals surface area (Å²) in [6, 6.07) is 7.58. The Balaban J connectivity index is 1.63. The summed E-state index contributed by atoms with van der Waals surface area (Å²) in [5, 5.41) is 23.0. The van der Waals surface area contributed by atoms with E-state index in [1.165, 1.54) is 0 Å². The van der Waals surface area contributed by atoms with Crippen LogP contribution in [0.5, 0.6) is 0 Å². The van der Waals surface area contributed by atoms with Gasteiger partial charge in [-0.1, -0.05) is 73.8 Å². The molecule has 0 saturated heterocycles. The van der Waals surface area contributed by atoms with E-state index in [-0.39, 0.29) is 34.5 Å². The molecule has 0 saturated carbocycles. The number of carbonyl (C=O) groups is 4. The average molecular weight is 1270 g/mol. The summed E-state index contributed by atoms with van der Waals surface area (Å²) >= 11 is 1.72. The third kappa shape index (κ3) is 40.2. The fourth-order valence-electron chi connectivity index (χ4n) is 10.5. The molecule has 1 aliphatic rings. The maximum Gasteiger partial charge on any atom is 0.254 e. The standard InChI is InChI=1S/C68H120N8O12S/c1-18-59(78)73-68(16,17)88-67(14,15)51-71-54(5)46-65(10,11)87-66(12,13)50-70-53(4)29-37-81-33-21-19-23-35-83-41-43-85-39-31-76(62(80)56-27-25-55(26-28-56)57-45-61(75-74-57)89-52(2)3)32-40-86-44-42-84-36-24-20-22-34-82-38-30-60(79)72-49-64(8,9)48-63(6,7)47-58(69)77/h25-28,52,70-71H,4-5,18-24,29-51H2,1-3,6-17H3,(H2,69,77)(H,72,79)(H,73,78). The maximum atomic E-state index is 13.9. The average Bonchev–Trinajstić information content (AvgIpc) is 2.46. The zero-order chi connectivity index (χ0) is 66.6. The van der Waals surface area contributed by atoms with Crippen LogP contribution in [0.4, 0.5) is 0 Å². The predicted molar refractivity (Wildman–Crippen MR) is 360 cm³/mol. The van der Waals surface area contributed by atoms with Gasteiger partial charge in [-0.2, -0.15) is 5.10 Å². The van der Waals surface area contributed by atoms with Gasteiger partial charge >= 0.3 is 0 Å². The molecule has 20 nitrogen and oxygen atoms in total. The molecule has 1 aromatic carbocycles. The van der Waals surface area contributed by atoms with Crippen molar-refractivity contribution in [3.05, 3.63) is 59.9 Å². The fourth-order valence-corrected chi connectivity index (χ4v) is 11.4. The van der Waals surface area contributed by atoms with Gasteiger partial charge in [-0.3, -0.25) is 19.2 Å². The van der Waals surface area contributed by atoms with Crippen LogP contribution in [0.15, 0.2) is 59.0 Å². The van der Waals surface area contributed by atoms with Crippen molar-refractivity contribution in [2.45, 2.75) is 215 Å². The predicted octanol–water partition coefficient (Wildman–Crippen LogP) is 10.7. The van der Waals surface area contributed by atoms with Gasteiger partial charge < -0.3 is 69.8 Å². The van der Waals surface area contributed by atoms with Gasteiger partial charge in [0.2, 0.25) is 17.7 Å². The number of primary amides is 1. The van der Waals surface area contributed by atoms with E-state index in [1.54, 1.807) is 16.7 Å². The van der Waals surface area contributed by atoms with Crippen LogP contribution in [0.2, 0.25) is 0 Å². The van der Waals surface area contributed by atoms with Crippen molar-refractivity contribution in [2.75, 3.05) is 112 Å². The number of unbranched alkanes of at least 4 members (excludes halogenated alkanes) is 4. The Morgan fingerprint density at radius 1 is 0.573 bits per heavy atom. The lowest BCUT2D eigenvalue weighted by Gasteiger charge is -2.39. The van der Waals surface area contributed by atoms with Crippen molar-refractivity contribution in [2.24, 2.45) is 26.8 Å². The minimum absolute atomic E-state index is 0.0472. The third-order valence-electron chi connectivity index (χ3n) is 14.0. The number of hydrogen-bond acceptors (Lipinski definition) is 17. The van der Waals surface area contributed by atoms with Crippen LogP contribution in [0.3, 0.4) is 0 Å². The highest BCUT2D eigenvalue weighted by atomic mass is 32.2. The highest BCUT2D eigenvalue weighted by molar-refractivity contribution is 8.14. The molecule has 0 aromatic heterocycles. The second kappa shape index (κ2) is 41.9. The second-order valence-corrected chi connectivity index (χ2v) is 29.1. The molecular weight excluding hydrogens is 1150 g/mol. The second-order valence-electron chi connectivity index (χ2n) is 27.5. The van der Waals surface area contributed by atoms with Crippen LogP contribution < -0.4 is 27.0 Å². The molecule has 0 bridgehead atoms. The van der Waals surface area contributed by atoms with E-state index in [4.69, 9.17) is 43.6 Å². The van der Waals surface area contributed by atoms with E-state index in [9.17, 15) is 19.2 Å². The van der Waals surface area contributed by atoms with Crippen molar-refractivity contribution in [1.29, 1.82) is 0 Å². The number of nitrogens with two attached hydrogens (primary N) is 1. The first-order valence-electron chi connectivity index (χ1n) is 32.5. The first-order valence-corrected chi connectivity index (χ1v) is 33.4. The third-order valence-corrected chi connectivity index (χ3v) is 15.0. The van der Waals surface area contributed by atoms with E-state index < -0.39 is 22.5 Å². The maximum absolute atomic E-state index is 13.9. The van der Waals surface area contributed by atoms with E-state index >= 15 is 0 Å². The summed E-state index contributed by atoms with van der Waals surface area (Å²) in [7, 11) is 0. The first-order chi connectivity index (χ1) is 41.7. The number of ether oxygens (including phenoxy) is 8. The van der Waals surface area contributed by atoms with Crippen molar-refractivity contribution in [3.8, 4) is 0 Å². The molecule has 0 fully saturated rings. The van der Waals surface area contributed by atoms with Crippen LogP contribution >= 0.6 is 11.8 Å². The molecule has 0 unspecified atom stereocenters. The van der Waals surface area contributed by atoms with Gasteiger partial charge in [0.25, 0.3) is 5.91 Å². The largest absolute Gasteiger partial charge is 0.386 e. The number of amides is 4. The van der Waals surface area contributed by atoms with Crippen molar-refractivity contribution in [3.63, 3.8) is 0 Å². The Morgan fingerprint density at radius 3 is 1.58 bits per heavy atom. The van der Waals surface area contributed by atoms with E-state index in [2.05, 4.69) is 100 Å². The summed E-state index contributed by atoms with van der Waals surface area (Å²) in [6.45, 7) is 47.0. The molecule has 0 spiro atoms. The highest BCUT2D eigenvalue weighted by Crippen LogP contribution is 2.36. The van der Waals surface area contributed by atoms with Gasteiger partial charge in [-0.05, 0) is 129 Å². The Bertz CT molecular complexity index is 2320. The lowest BCUT2D eigenvalue weighted by atomic mass is 9.73. The van der Waals surface area contributed by atoms with Crippen LogP contribution in [-0.2, 0) is 52.3 Å². The quantitative estimate of drug-likeness (QED) is 0.0301. The Kier molecular flexibility index (Phi) is 38.0. The van der Waals surface area contributed by atoms with Crippen LogP contribution in [0, 0.1) is 10.8 Å². The monoisotopic (exact) mass is 1270 g/mol.